The van der Waals surface area contributed by atoms with Crippen LogP contribution in [0.1, 0.15) is 32.3 Å². The van der Waals surface area contributed by atoms with Crippen LogP contribution in [-0.2, 0) is 16.6 Å². The van der Waals surface area contributed by atoms with Crippen molar-refractivity contribution in [1.29, 1.82) is 0 Å². The van der Waals surface area contributed by atoms with E-state index >= 15 is 0 Å². The summed E-state index contributed by atoms with van der Waals surface area (Å²) >= 11 is 1.29. The Morgan fingerprint density at radius 1 is 1.42 bits per heavy atom. The minimum Gasteiger partial charge on any atom is -0.316 e. The van der Waals surface area contributed by atoms with Crippen LogP contribution < -0.4 is 10.0 Å². The van der Waals surface area contributed by atoms with E-state index in [0.29, 0.717) is 23.2 Å². The van der Waals surface area contributed by atoms with Gasteiger partial charge in [-0.1, -0.05) is 13.8 Å². The zero-order valence-corrected chi connectivity index (χ0v) is 13.3. The monoisotopic (exact) mass is 302 g/mol. The third-order valence-corrected chi connectivity index (χ3v) is 6.90. The molecule has 0 unspecified atom stereocenters. The van der Waals surface area contributed by atoms with Crippen molar-refractivity contribution in [3.8, 4) is 0 Å². The van der Waals surface area contributed by atoms with Gasteiger partial charge in [-0.3, -0.25) is 0 Å². The average molecular weight is 302 g/mol. The maximum absolute atomic E-state index is 12.2. The highest BCUT2D eigenvalue weighted by Crippen LogP contribution is 2.51. The molecule has 19 heavy (non-hydrogen) atoms. The van der Waals surface area contributed by atoms with E-state index in [2.05, 4.69) is 23.9 Å². The molecule has 0 aliphatic heterocycles. The van der Waals surface area contributed by atoms with Crippen LogP contribution in [0.3, 0.4) is 0 Å². The second-order valence-corrected chi connectivity index (χ2v) is 8.55. The van der Waals surface area contributed by atoms with Crippen molar-refractivity contribution in [3.63, 3.8) is 0 Å². The van der Waals surface area contributed by atoms with Gasteiger partial charge in [-0.2, -0.15) is 0 Å². The predicted octanol–water partition coefficient (Wildman–Crippen LogP) is 2.18. The molecule has 1 fully saturated rings. The Kier molecular flexibility index (Phi) is 4.35. The van der Waals surface area contributed by atoms with Crippen molar-refractivity contribution in [2.45, 2.75) is 37.4 Å². The van der Waals surface area contributed by atoms with Gasteiger partial charge in [0.1, 0.15) is 4.21 Å². The highest BCUT2D eigenvalue weighted by Gasteiger charge is 2.45. The molecule has 0 spiro atoms. The number of hydrogen-bond donors (Lipinski definition) is 2. The maximum atomic E-state index is 12.2. The highest BCUT2D eigenvalue weighted by molar-refractivity contribution is 7.91. The lowest BCUT2D eigenvalue weighted by Gasteiger charge is -2.19. The number of thiophene rings is 1. The van der Waals surface area contributed by atoms with Crippen molar-refractivity contribution >= 4 is 21.4 Å². The molecule has 1 aliphatic rings. The van der Waals surface area contributed by atoms with Crippen molar-refractivity contribution in [1.82, 2.24) is 10.0 Å². The molecule has 2 N–H and O–H groups in total. The minimum absolute atomic E-state index is 0.193. The largest absolute Gasteiger partial charge is 0.316 e. The standard InChI is InChI=1S/C13H22N2O2S2/c1-10(2)13(4-5-13)9-15-19(16,17)12-6-11(7-14-3)8-18-12/h6,8,10,14-15H,4-5,7,9H2,1-3H3. The Hall–Kier alpha value is -0.430. The van der Waals surface area contributed by atoms with Crippen LogP contribution in [-0.4, -0.2) is 22.0 Å². The first-order valence-electron chi connectivity index (χ1n) is 6.61. The molecule has 0 saturated heterocycles. The molecule has 0 amide bonds. The second-order valence-electron chi connectivity index (χ2n) is 5.65. The van der Waals surface area contributed by atoms with Gasteiger partial charge in [-0.15, -0.1) is 11.3 Å². The summed E-state index contributed by atoms with van der Waals surface area (Å²) < 4.78 is 27.6. The SMILES string of the molecule is CNCc1csc(S(=O)(=O)NCC2(C(C)C)CC2)c1. The summed E-state index contributed by atoms with van der Waals surface area (Å²) in [4.78, 5) is 0. The molecule has 1 heterocycles. The van der Waals surface area contributed by atoms with Gasteiger partial charge >= 0.3 is 0 Å². The number of nitrogens with one attached hydrogen (secondary N) is 2. The van der Waals surface area contributed by atoms with Crippen molar-refractivity contribution in [2.24, 2.45) is 11.3 Å². The molecular formula is C13H22N2O2S2. The Labute approximate surface area is 119 Å². The van der Waals surface area contributed by atoms with Crippen molar-refractivity contribution in [2.75, 3.05) is 13.6 Å². The molecule has 2 rings (SSSR count). The number of hydrogen-bond acceptors (Lipinski definition) is 4. The van der Waals surface area contributed by atoms with Gasteiger partial charge in [0.15, 0.2) is 0 Å². The van der Waals surface area contributed by atoms with E-state index in [1.165, 1.54) is 11.3 Å². The molecule has 1 aliphatic carbocycles. The van der Waals surface area contributed by atoms with Gasteiger partial charge < -0.3 is 5.32 Å². The van der Waals surface area contributed by atoms with Crippen LogP contribution in [0.2, 0.25) is 0 Å². The normalized spacial score (nSPS) is 17.9. The molecule has 0 aromatic carbocycles. The summed E-state index contributed by atoms with van der Waals surface area (Å²) in [7, 11) is -1.49. The summed E-state index contributed by atoms with van der Waals surface area (Å²) in [6, 6.07) is 1.75. The van der Waals surface area contributed by atoms with Gasteiger partial charge in [0.25, 0.3) is 0 Å². The van der Waals surface area contributed by atoms with Crippen LogP contribution in [0, 0.1) is 11.3 Å². The van der Waals surface area contributed by atoms with Gasteiger partial charge in [0.05, 0.1) is 0 Å². The minimum atomic E-state index is -3.34. The smallest absolute Gasteiger partial charge is 0.250 e. The fourth-order valence-corrected chi connectivity index (χ4v) is 4.61. The van der Waals surface area contributed by atoms with E-state index in [0.717, 1.165) is 18.4 Å². The van der Waals surface area contributed by atoms with Gasteiger partial charge in [-0.05, 0) is 48.2 Å². The Balaban J connectivity index is 2.01. The highest BCUT2D eigenvalue weighted by atomic mass is 32.2. The van der Waals surface area contributed by atoms with E-state index < -0.39 is 10.0 Å². The second kappa shape index (κ2) is 5.52. The number of rotatable bonds is 7. The topological polar surface area (TPSA) is 58.2 Å². The summed E-state index contributed by atoms with van der Waals surface area (Å²) in [5.74, 6) is 0.526. The lowest BCUT2D eigenvalue weighted by molar-refractivity contribution is 0.357. The van der Waals surface area contributed by atoms with Gasteiger partial charge in [-0.25, -0.2) is 13.1 Å². The Bertz CT molecular complexity index is 531. The fourth-order valence-electron chi connectivity index (χ4n) is 2.22. The van der Waals surface area contributed by atoms with Crippen LogP contribution in [0.4, 0.5) is 0 Å². The molecule has 6 heteroatoms. The first kappa shape index (κ1) is 15.0. The van der Waals surface area contributed by atoms with Crippen LogP contribution in [0.25, 0.3) is 0 Å². The predicted molar refractivity (Wildman–Crippen MR) is 78.8 cm³/mol. The quantitative estimate of drug-likeness (QED) is 0.811. The summed E-state index contributed by atoms with van der Waals surface area (Å²) in [5, 5.41) is 4.91. The Morgan fingerprint density at radius 2 is 2.11 bits per heavy atom. The van der Waals surface area contributed by atoms with E-state index in [9.17, 15) is 8.42 Å². The van der Waals surface area contributed by atoms with Crippen LogP contribution in [0.5, 0.6) is 0 Å². The fraction of sp³-hybridized carbons (Fsp3) is 0.692. The maximum Gasteiger partial charge on any atom is 0.250 e. The van der Waals surface area contributed by atoms with Crippen molar-refractivity contribution in [3.05, 3.63) is 17.0 Å². The van der Waals surface area contributed by atoms with E-state index in [1.807, 2.05) is 12.4 Å². The molecule has 0 bridgehead atoms. The molecule has 0 radical (unpaired) electrons. The van der Waals surface area contributed by atoms with E-state index in [4.69, 9.17) is 0 Å². The van der Waals surface area contributed by atoms with Crippen molar-refractivity contribution < 1.29 is 8.42 Å². The zero-order chi connectivity index (χ0) is 14.1. The molecule has 0 atom stereocenters. The molecular weight excluding hydrogens is 280 g/mol. The third-order valence-electron chi connectivity index (χ3n) is 4.01. The van der Waals surface area contributed by atoms with Gasteiger partial charge in [0.2, 0.25) is 10.0 Å². The molecule has 4 nitrogen and oxygen atoms in total. The van der Waals surface area contributed by atoms with E-state index in [-0.39, 0.29) is 5.41 Å². The Morgan fingerprint density at radius 3 is 2.63 bits per heavy atom. The van der Waals surface area contributed by atoms with Crippen LogP contribution in [0.15, 0.2) is 15.7 Å². The van der Waals surface area contributed by atoms with Gasteiger partial charge in [0, 0.05) is 13.1 Å². The first-order valence-corrected chi connectivity index (χ1v) is 8.97. The van der Waals surface area contributed by atoms with Crippen LogP contribution >= 0.6 is 11.3 Å². The molecule has 1 saturated carbocycles. The summed E-state index contributed by atoms with van der Waals surface area (Å²) in [6.45, 7) is 5.59. The van der Waals surface area contributed by atoms with E-state index in [1.54, 1.807) is 6.07 Å². The lowest BCUT2D eigenvalue weighted by atomic mass is 9.93. The first-order chi connectivity index (χ1) is 8.89. The summed E-state index contributed by atoms with van der Waals surface area (Å²) in [5.41, 5.74) is 1.20. The lowest BCUT2D eigenvalue weighted by Crippen LogP contribution is -2.32. The zero-order valence-electron chi connectivity index (χ0n) is 11.7. The molecule has 1 aromatic rings. The average Bonchev–Trinajstić information content (AvgIpc) is 3.00. The molecule has 108 valence electrons. The third kappa shape index (κ3) is 3.37. The number of sulfonamides is 1. The summed E-state index contributed by atoms with van der Waals surface area (Å²) in [6.07, 6.45) is 2.26. The molecule has 1 aromatic heterocycles.